The van der Waals surface area contributed by atoms with Gasteiger partial charge in [0.25, 0.3) is 0 Å². The normalized spacial score (nSPS) is 10.7. The Morgan fingerprint density at radius 1 is 1.44 bits per heavy atom. The molecule has 0 bridgehead atoms. The van der Waals surface area contributed by atoms with Crippen LogP contribution in [0.25, 0.3) is 0 Å². The predicted molar refractivity (Wildman–Crippen MR) is 77.1 cm³/mol. The molecule has 0 spiro atoms. The molecule has 1 aromatic carbocycles. The summed E-state index contributed by atoms with van der Waals surface area (Å²) >= 11 is 1.75. The first-order valence-electron chi connectivity index (χ1n) is 6.07. The largest absolute Gasteiger partial charge is 0.465 e. The molecule has 0 radical (unpaired) electrons. The van der Waals surface area contributed by atoms with E-state index in [2.05, 4.69) is 13.8 Å². The van der Waals surface area contributed by atoms with Crippen LogP contribution < -0.4 is 5.73 Å². The van der Waals surface area contributed by atoms with Gasteiger partial charge in [-0.05, 0) is 42.7 Å². The molecular formula is C14H21NO2S. The second-order valence-electron chi connectivity index (χ2n) is 4.72. The van der Waals surface area contributed by atoms with Gasteiger partial charge < -0.3 is 10.5 Å². The van der Waals surface area contributed by atoms with Crippen molar-refractivity contribution in [2.24, 2.45) is 5.92 Å². The van der Waals surface area contributed by atoms with Crippen LogP contribution in [0, 0.1) is 12.8 Å². The average Bonchev–Trinajstić information content (AvgIpc) is 2.32. The minimum atomic E-state index is -0.373. The van der Waals surface area contributed by atoms with E-state index in [1.54, 1.807) is 11.8 Å². The molecular weight excluding hydrogens is 246 g/mol. The summed E-state index contributed by atoms with van der Waals surface area (Å²) in [6.07, 6.45) is 1.15. The van der Waals surface area contributed by atoms with Crippen LogP contribution in [0.4, 0.5) is 5.69 Å². The minimum Gasteiger partial charge on any atom is -0.465 e. The van der Waals surface area contributed by atoms with Gasteiger partial charge in [-0.3, -0.25) is 0 Å². The third-order valence-electron chi connectivity index (χ3n) is 2.73. The molecule has 0 aliphatic heterocycles. The van der Waals surface area contributed by atoms with E-state index in [4.69, 9.17) is 10.5 Å². The van der Waals surface area contributed by atoms with E-state index < -0.39 is 0 Å². The van der Waals surface area contributed by atoms with Crippen molar-refractivity contribution in [2.75, 3.05) is 18.6 Å². The Morgan fingerprint density at radius 2 is 2.11 bits per heavy atom. The zero-order valence-corrected chi connectivity index (χ0v) is 12.3. The summed E-state index contributed by atoms with van der Waals surface area (Å²) in [6, 6.07) is 3.84. The van der Waals surface area contributed by atoms with Crippen LogP contribution in [0.1, 0.15) is 36.2 Å². The van der Waals surface area contributed by atoms with E-state index in [-0.39, 0.29) is 5.97 Å². The van der Waals surface area contributed by atoms with Crippen LogP contribution in [0.2, 0.25) is 0 Å². The van der Waals surface area contributed by atoms with Gasteiger partial charge in [-0.2, -0.15) is 0 Å². The zero-order valence-electron chi connectivity index (χ0n) is 11.4. The van der Waals surface area contributed by atoms with Crippen molar-refractivity contribution in [3.63, 3.8) is 0 Å². The molecule has 0 atom stereocenters. The number of benzene rings is 1. The van der Waals surface area contributed by atoms with Crippen molar-refractivity contribution in [3.8, 4) is 0 Å². The highest BCUT2D eigenvalue weighted by Gasteiger charge is 2.13. The third-order valence-corrected chi connectivity index (χ3v) is 3.74. The van der Waals surface area contributed by atoms with E-state index >= 15 is 0 Å². The Labute approximate surface area is 113 Å². The van der Waals surface area contributed by atoms with E-state index in [1.807, 2.05) is 19.1 Å². The number of thioether (sulfide) groups is 1. The quantitative estimate of drug-likeness (QED) is 0.504. The molecule has 0 saturated carbocycles. The van der Waals surface area contributed by atoms with Crippen LogP contribution in [-0.2, 0) is 4.74 Å². The van der Waals surface area contributed by atoms with Gasteiger partial charge in [-0.15, -0.1) is 11.8 Å². The van der Waals surface area contributed by atoms with E-state index in [0.29, 0.717) is 17.2 Å². The number of carbonyl (C=O) groups excluding carboxylic acids is 1. The van der Waals surface area contributed by atoms with Crippen LogP contribution >= 0.6 is 11.8 Å². The SMILES string of the molecule is COC(=O)c1cc(SCCC(C)C)cc(C)c1N. The molecule has 18 heavy (non-hydrogen) atoms. The smallest absolute Gasteiger partial charge is 0.340 e. The molecule has 0 fully saturated rings. The minimum absolute atomic E-state index is 0.373. The molecule has 4 heteroatoms. The molecule has 3 nitrogen and oxygen atoms in total. The van der Waals surface area contributed by atoms with Crippen LogP contribution in [-0.4, -0.2) is 18.8 Å². The Kier molecular flexibility index (Phi) is 5.54. The molecule has 1 aromatic rings. The molecule has 1 rings (SSSR count). The van der Waals surface area contributed by atoms with Gasteiger partial charge in [0, 0.05) is 10.6 Å². The molecule has 0 unspecified atom stereocenters. The van der Waals surface area contributed by atoms with Gasteiger partial charge in [0.15, 0.2) is 0 Å². The number of ether oxygens (including phenoxy) is 1. The maximum atomic E-state index is 11.6. The highest BCUT2D eigenvalue weighted by Crippen LogP contribution is 2.28. The van der Waals surface area contributed by atoms with Crippen molar-refractivity contribution in [3.05, 3.63) is 23.3 Å². The maximum Gasteiger partial charge on any atom is 0.340 e. The number of aryl methyl sites for hydroxylation is 1. The molecule has 0 heterocycles. The summed E-state index contributed by atoms with van der Waals surface area (Å²) in [5.74, 6) is 1.36. The summed E-state index contributed by atoms with van der Waals surface area (Å²) < 4.78 is 4.74. The topological polar surface area (TPSA) is 52.3 Å². The number of nitrogens with two attached hydrogens (primary N) is 1. The first-order chi connectivity index (χ1) is 8.45. The van der Waals surface area contributed by atoms with Gasteiger partial charge in [0.2, 0.25) is 0 Å². The van der Waals surface area contributed by atoms with Crippen molar-refractivity contribution in [2.45, 2.75) is 32.1 Å². The Morgan fingerprint density at radius 3 is 2.67 bits per heavy atom. The van der Waals surface area contributed by atoms with E-state index in [1.165, 1.54) is 7.11 Å². The molecule has 0 aliphatic carbocycles. The second-order valence-corrected chi connectivity index (χ2v) is 5.89. The lowest BCUT2D eigenvalue weighted by atomic mass is 10.1. The predicted octanol–water partition coefficient (Wildman–Crippen LogP) is 3.50. The Bertz CT molecular complexity index is 430. The van der Waals surface area contributed by atoms with Gasteiger partial charge in [0.1, 0.15) is 0 Å². The van der Waals surface area contributed by atoms with Crippen molar-refractivity contribution >= 4 is 23.4 Å². The van der Waals surface area contributed by atoms with Crippen LogP contribution in [0.15, 0.2) is 17.0 Å². The van der Waals surface area contributed by atoms with Crippen LogP contribution in [0.3, 0.4) is 0 Å². The summed E-state index contributed by atoms with van der Waals surface area (Å²) in [6.45, 7) is 6.32. The van der Waals surface area contributed by atoms with E-state index in [9.17, 15) is 4.79 Å². The summed E-state index contributed by atoms with van der Waals surface area (Å²) in [4.78, 5) is 12.7. The Hall–Kier alpha value is -1.16. The van der Waals surface area contributed by atoms with Gasteiger partial charge in [0.05, 0.1) is 12.7 Å². The van der Waals surface area contributed by atoms with Crippen molar-refractivity contribution in [1.82, 2.24) is 0 Å². The summed E-state index contributed by atoms with van der Waals surface area (Å²) in [5, 5.41) is 0. The fraction of sp³-hybridized carbons (Fsp3) is 0.500. The number of hydrogen-bond acceptors (Lipinski definition) is 4. The summed E-state index contributed by atoms with van der Waals surface area (Å²) in [5.41, 5.74) is 7.79. The van der Waals surface area contributed by atoms with Gasteiger partial charge in [-0.1, -0.05) is 13.8 Å². The van der Waals surface area contributed by atoms with Crippen LogP contribution in [0.5, 0.6) is 0 Å². The third kappa shape index (κ3) is 3.95. The number of anilines is 1. The number of esters is 1. The van der Waals surface area contributed by atoms with Gasteiger partial charge >= 0.3 is 5.97 Å². The molecule has 2 N–H and O–H groups in total. The maximum absolute atomic E-state index is 11.6. The molecule has 0 amide bonds. The lowest BCUT2D eigenvalue weighted by Crippen LogP contribution is -2.07. The number of hydrogen-bond donors (Lipinski definition) is 1. The first kappa shape index (κ1) is 14.9. The monoisotopic (exact) mass is 267 g/mol. The average molecular weight is 267 g/mol. The summed E-state index contributed by atoms with van der Waals surface area (Å²) in [7, 11) is 1.37. The fourth-order valence-electron chi connectivity index (χ4n) is 1.54. The number of rotatable bonds is 5. The van der Waals surface area contributed by atoms with Gasteiger partial charge in [-0.25, -0.2) is 4.79 Å². The Balaban J connectivity index is 2.87. The highest BCUT2D eigenvalue weighted by molar-refractivity contribution is 7.99. The number of methoxy groups -OCH3 is 1. The number of carbonyl (C=O) groups is 1. The van der Waals surface area contributed by atoms with E-state index in [0.717, 1.165) is 22.6 Å². The van der Waals surface area contributed by atoms with Crippen molar-refractivity contribution < 1.29 is 9.53 Å². The molecule has 0 aliphatic rings. The standard InChI is InChI=1S/C14H21NO2S/c1-9(2)5-6-18-11-7-10(3)13(15)12(8-11)14(16)17-4/h7-9H,5-6,15H2,1-4H3. The zero-order chi connectivity index (χ0) is 13.7. The van der Waals surface area contributed by atoms with Crippen molar-refractivity contribution in [1.29, 1.82) is 0 Å². The fourth-order valence-corrected chi connectivity index (χ4v) is 2.83. The lowest BCUT2D eigenvalue weighted by molar-refractivity contribution is 0.0601. The first-order valence-corrected chi connectivity index (χ1v) is 7.05. The second kappa shape index (κ2) is 6.69. The number of nitrogen functional groups attached to an aromatic ring is 1. The molecule has 0 aromatic heterocycles. The highest BCUT2D eigenvalue weighted by atomic mass is 32.2. The molecule has 100 valence electrons. The molecule has 0 saturated heterocycles. The lowest BCUT2D eigenvalue weighted by Gasteiger charge is -2.10.